The van der Waals surface area contributed by atoms with Gasteiger partial charge in [-0.2, -0.15) is 14.7 Å². The third kappa shape index (κ3) is 2.92. The number of benzene rings is 1. The third-order valence-corrected chi connectivity index (χ3v) is 5.56. The van der Waals surface area contributed by atoms with Crippen LogP contribution in [0.25, 0.3) is 10.6 Å². The quantitative estimate of drug-likeness (QED) is 0.537. The molecule has 26 heavy (non-hydrogen) atoms. The van der Waals surface area contributed by atoms with E-state index in [2.05, 4.69) is 50.0 Å². The number of hydrogen-bond donors (Lipinski definition) is 0. The van der Waals surface area contributed by atoms with Crippen molar-refractivity contribution in [1.29, 1.82) is 0 Å². The normalized spacial score (nSPS) is 11.7. The molecule has 3 heterocycles. The summed E-state index contributed by atoms with van der Waals surface area (Å²) >= 11 is 1.62. The van der Waals surface area contributed by atoms with Crippen LogP contribution in [0, 0.1) is 13.8 Å². The van der Waals surface area contributed by atoms with E-state index in [0.717, 1.165) is 40.0 Å². The Kier molecular flexibility index (Phi) is 4.32. The summed E-state index contributed by atoms with van der Waals surface area (Å²) in [5.41, 5.74) is 4.67. The summed E-state index contributed by atoms with van der Waals surface area (Å²) in [6, 6.07) is 10.3. The van der Waals surface area contributed by atoms with Crippen LogP contribution in [0.5, 0.6) is 0 Å². The van der Waals surface area contributed by atoms with Crippen LogP contribution < -0.4 is 0 Å². The second kappa shape index (κ2) is 6.64. The molecule has 6 nitrogen and oxygen atoms in total. The molecule has 0 aliphatic carbocycles. The lowest BCUT2D eigenvalue weighted by Gasteiger charge is -2.05. The average molecular weight is 366 g/mol. The number of aryl methyl sites for hydroxylation is 2. The summed E-state index contributed by atoms with van der Waals surface area (Å²) in [6.45, 7) is 8.44. The number of para-hydroxylation sites is 1. The highest BCUT2D eigenvalue weighted by atomic mass is 32.1. The SMILES string of the molecule is Cc1nn(-c2ccccc2)c(C)c1CCc1nn2c(C(C)C)nnc2s1. The molecule has 0 atom stereocenters. The van der Waals surface area contributed by atoms with Crippen LogP contribution in [0.4, 0.5) is 0 Å². The molecule has 0 spiro atoms. The van der Waals surface area contributed by atoms with Crippen molar-refractivity contribution in [2.75, 3.05) is 0 Å². The first-order valence-corrected chi connectivity index (χ1v) is 9.67. The summed E-state index contributed by atoms with van der Waals surface area (Å²) in [7, 11) is 0. The largest absolute Gasteiger partial charge is 0.238 e. The van der Waals surface area contributed by atoms with Gasteiger partial charge in [0.05, 0.1) is 11.4 Å². The lowest BCUT2D eigenvalue weighted by Crippen LogP contribution is -2.01. The number of hydrogen-bond acceptors (Lipinski definition) is 5. The minimum absolute atomic E-state index is 0.313. The standard InChI is InChI=1S/C19H22N6S/c1-12(2)18-20-21-19-25(18)23-17(26-19)11-10-16-13(3)22-24(14(16)4)15-8-6-5-7-9-15/h5-9,12H,10-11H2,1-4H3. The Hall–Kier alpha value is -2.54. The predicted molar refractivity (Wildman–Crippen MR) is 103 cm³/mol. The van der Waals surface area contributed by atoms with Crippen molar-refractivity contribution in [3.8, 4) is 5.69 Å². The molecule has 3 aromatic heterocycles. The van der Waals surface area contributed by atoms with Gasteiger partial charge >= 0.3 is 0 Å². The zero-order valence-electron chi connectivity index (χ0n) is 15.5. The van der Waals surface area contributed by atoms with Gasteiger partial charge in [-0.05, 0) is 38.0 Å². The number of fused-ring (bicyclic) bond motifs is 1. The molecule has 134 valence electrons. The Morgan fingerprint density at radius 1 is 1.00 bits per heavy atom. The molecule has 4 aromatic rings. The highest BCUT2D eigenvalue weighted by molar-refractivity contribution is 7.16. The van der Waals surface area contributed by atoms with Crippen molar-refractivity contribution < 1.29 is 0 Å². The van der Waals surface area contributed by atoms with Gasteiger partial charge in [0.2, 0.25) is 4.96 Å². The molecule has 1 aromatic carbocycles. The van der Waals surface area contributed by atoms with Crippen LogP contribution in [-0.4, -0.2) is 29.6 Å². The molecule has 4 rings (SSSR count). The molecule has 7 heteroatoms. The van der Waals surface area contributed by atoms with Crippen molar-refractivity contribution in [1.82, 2.24) is 29.6 Å². The van der Waals surface area contributed by atoms with E-state index in [-0.39, 0.29) is 0 Å². The van der Waals surface area contributed by atoms with Gasteiger partial charge in [0, 0.05) is 18.0 Å². The Balaban J connectivity index is 1.58. The van der Waals surface area contributed by atoms with Gasteiger partial charge in [-0.15, -0.1) is 10.2 Å². The third-order valence-electron chi connectivity index (χ3n) is 4.60. The van der Waals surface area contributed by atoms with Crippen LogP contribution in [0.1, 0.15) is 47.5 Å². The van der Waals surface area contributed by atoms with Crippen LogP contribution in [0.3, 0.4) is 0 Å². The molecule has 0 N–H and O–H groups in total. The van der Waals surface area contributed by atoms with Crippen molar-refractivity contribution >= 4 is 16.3 Å². The van der Waals surface area contributed by atoms with Gasteiger partial charge < -0.3 is 0 Å². The van der Waals surface area contributed by atoms with Crippen LogP contribution in [0.15, 0.2) is 30.3 Å². The number of aromatic nitrogens is 6. The van der Waals surface area contributed by atoms with Crippen molar-refractivity contribution in [3.63, 3.8) is 0 Å². The summed E-state index contributed by atoms with van der Waals surface area (Å²) in [6.07, 6.45) is 1.80. The van der Waals surface area contributed by atoms with E-state index in [1.807, 2.05) is 27.4 Å². The van der Waals surface area contributed by atoms with Gasteiger partial charge in [0.25, 0.3) is 0 Å². The minimum Gasteiger partial charge on any atom is -0.238 e. The maximum absolute atomic E-state index is 4.73. The van der Waals surface area contributed by atoms with Crippen LogP contribution in [-0.2, 0) is 12.8 Å². The fourth-order valence-electron chi connectivity index (χ4n) is 3.22. The fourth-order valence-corrected chi connectivity index (χ4v) is 4.06. The van der Waals surface area contributed by atoms with E-state index in [4.69, 9.17) is 10.2 Å². The molecular weight excluding hydrogens is 344 g/mol. The lowest BCUT2D eigenvalue weighted by molar-refractivity contribution is 0.715. The first-order chi connectivity index (χ1) is 12.5. The molecule has 0 radical (unpaired) electrons. The highest BCUT2D eigenvalue weighted by Crippen LogP contribution is 2.22. The van der Waals surface area contributed by atoms with E-state index < -0.39 is 0 Å². The van der Waals surface area contributed by atoms with E-state index >= 15 is 0 Å². The molecule has 0 unspecified atom stereocenters. The molecule has 0 saturated carbocycles. The van der Waals surface area contributed by atoms with Gasteiger partial charge in [-0.25, -0.2) is 4.68 Å². The minimum atomic E-state index is 0.313. The molecule has 0 fully saturated rings. The summed E-state index contributed by atoms with van der Waals surface area (Å²) < 4.78 is 3.91. The van der Waals surface area contributed by atoms with Crippen LogP contribution in [0.2, 0.25) is 0 Å². The topological polar surface area (TPSA) is 60.9 Å². The van der Waals surface area contributed by atoms with E-state index in [1.165, 1.54) is 11.3 Å². The summed E-state index contributed by atoms with van der Waals surface area (Å²) in [5, 5.41) is 19.0. The van der Waals surface area contributed by atoms with E-state index in [9.17, 15) is 0 Å². The molecule has 0 aliphatic heterocycles. The van der Waals surface area contributed by atoms with Crippen molar-refractivity contribution in [3.05, 3.63) is 58.1 Å². The second-order valence-electron chi connectivity index (χ2n) is 6.80. The Morgan fingerprint density at radius 2 is 1.77 bits per heavy atom. The second-order valence-corrected chi connectivity index (χ2v) is 7.84. The van der Waals surface area contributed by atoms with Gasteiger partial charge in [0.1, 0.15) is 5.01 Å². The predicted octanol–water partition coefficient (Wildman–Crippen LogP) is 3.90. The lowest BCUT2D eigenvalue weighted by atomic mass is 10.1. The molecular formula is C19H22N6S. The Morgan fingerprint density at radius 3 is 2.50 bits per heavy atom. The smallest absolute Gasteiger partial charge is 0.234 e. The highest BCUT2D eigenvalue weighted by Gasteiger charge is 2.16. The summed E-state index contributed by atoms with van der Waals surface area (Å²) in [5.74, 6) is 1.24. The number of nitrogens with zero attached hydrogens (tertiary/aromatic N) is 6. The van der Waals surface area contributed by atoms with Gasteiger partial charge in [-0.1, -0.05) is 43.4 Å². The summed E-state index contributed by atoms with van der Waals surface area (Å²) in [4.78, 5) is 0.872. The van der Waals surface area contributed by atoms with Crippen LogP contribution >= 0.6 is 11.3 Å². The van der Waals surface area contributed by atoms with E-state index in [1.54, 1.807) is 11.3 Å². The molecule has 0 amide bonds. The maximum atomic E-state index is 4.73. The number of rotatable bonds is 5. The maximum Gasteiger partial charge on any atom is 0.234 e. The van der Waals surface area contributed by atoms with Gasteiger partial charge in [-0.3, -0.25) is 0 Å². The monoisotopic (exact) mass is 366 g/mol. The molecule has 0 saturated heterocycles. The van der Waals surface area contributed by atoms with E-state index in [0.29, 0.717) is 5.92 Å². The van der Waals surface area contributed by atoms with Crippen molar-refractivity contribution in [2.45, 2.75) is 46.5 Å². The first kappa shape index (κ1) is 16.9. The average Bonchev–Trinajstić information content (AvgIpc) is 3.27. The fraction of sp³-hybridized carbons (Fsp3) is 0.368. The molecule has 0 bridgehead atoms. The Labute approximate surface area is 156 Å². The zero-order chi connectivity index (χ0) is 18.3. The van der Waals surface area contributed by atoms with Gasteiger partial charge in [0.15, 0.2) is 5.82 Å². The first-order valence-electron chi connectivity index (χ1n) is 8.86. The Bertz CT molecular complexity index is 1040. The van der Waals surface area contributed by atoms with Crippen molar-refractivity contribution in [2.24, 2.45) is 0 Å². The zero-order valence-corrected chi connectivity index (χ0v) is 16.3. The molecule has 0 aliphatic rings.